The van der Waals surface area contributed by atoms with Gasteiger partial charge in [-0.1, -0.05) is 18.2 Å². The van der Waals surface area contributed by atoms with Crippen molar-refractivity contribution in [1.82, 2.24) is 4.31 Å². The second-order valence-electron chi connectivity index (χ2n) is 6.69. The molecule has 1 N–H and O–H groups in total. The van der Waals surface area contributed by atoms with Gasteiger partial charge in [0.15, 0.2) is 0 Å². The van der Waals surface area contributed by atoms with Gasteiger partial charge in [-0.2, -0.15) is 4.31 Å². The van der Waals surface area contributed by atoms with Crippen LogP contribution in [-0.2, 0) is 10.0 Å². The number of sulfonamides is 1. The van der Waals surface area contributed by atoms with Gasteiger partial charge in [-0.3, -0.25) is 0 Å². The molecule has 0 radical (unpaired) electrons. The van der Waals surface area contributed by atoms with Crippen LogP contribution in [0.15, 0.2) is 53.4 Å². The lowest BCUT2D eigenvalue weighted by atomic mass is 10.2. The van der Waals surface area contributed by atoms with Crippen LogP contribution in [0.4, 0.5) is 0 Å². The van der Waals surface area contributed by atoms with Crippen LogP contribution in [0.2, 0.25) is 0 Å². The van der Waals surface area contributed by atoms with Crippen LogP contribution < -0.4 is 14.4 Å². The van der Waals surface area contributed by atoms with Crippen LogP contribution in [0.5, 0.6) is 11.5 Å². The number of nitrogens with zero attached hydrogens (tertiary/aromatic N) is 1. The van der Waals surface area contributed by atoms with Gasteiger partial charge in [0.05, 0.1) is 38.2 Å². The Balaban J connectivity index is 1.50. The van der Waals surface area contributed by atoms with Gasteiger partial charge in [-0.05, 0) is 42.8 Å². The third-order valence-corrected chi connectivity index (χ3v) is 6.85. The quantitative estimate of drug-likeness (QED) is 0.764. The molecule has 2 aromatic rings. The molecule has 0 saturated carbocycles. The van der Waals surface area contributed by atoms with Crippen molar-refractivity contribution in [2.24, 2.45) is 0 Å². The van der Waals surface area contributed by atoms with E-state index in [0.717, 1.165) is 30.9 Å². The fourth-order valence-corrected chi connectivity index (χ4v) is 4.65. The summed E-state index contributed by atoms with van der Waals surface area (Å²) in [7, 11) is -1.88. The van der Waals surface area contributed by atoms with E-state index in [-0.39, 0.29) is 0 Å². The topological polar surface area (TPSA) is 60.3 Å². The Morgan fingerprint density at radius 1 is 1.04 bits per heavy atom. The van der Waals surface area contributed by atoms with Crippen molar-refractivity contribution < 1.29 is 22.8 Å². The van der Waals surface area contributed by atoms with Crippen molar-refractivity contribution in [3.8, 4) is 11.5 Å². The lowest BCUT2D eigenvalue weighted by Crippen LogP contribution is -3.15. The van der Waals surface area contributed by atoms with Crippen molar-refractivity contribution in [2.75, 3.05) is 46.4 Å². The highest BCUT2D eigenvalue weighted by Gasteiger charge is 2.30. The molecule has 0 aliphatic carbocycles. The minimum atomic E-state index is -3.45. The van der Waals surface area contributed by atoms with Crippen molar-refractivity contribution in [1.29, 1.82) is 0 Å². The highest BCUT2D eigenvalue weighted by Crippen LogP contribution is 2.19. The van der Waals surface area contributed by atoms with Gasteiger partial charge in [0.2, 0.25) is 10.0 Å². The third kappa shape index (κ3) is 4.80. The Hall–Kier alpha value is -2.09. The number of benzene rings is 2. The van der Waals surface area contributed by atoms with Crippen LogP contribution in [0, 0.1) is 6.92 Å². The first-order chi connectivity index (χ1) is 13.0. The van der Waals surface area contributed by atoms with E-state index in [1.165, 1.54) is 4.90 Å². The standard InChI is InChI=1S/C20H26N2O4S/c1-17-5-3-4-6-20(17)26-16-15-21-11-13-22(14-12-21)27(23,24)19-9-7-18(25-2)8-10-19/h3-10H,11-16H2,1-2H3/p+1. The number of quaternary nitrogens is 1. The monoisotopic (exact) mass is 391 g/mol. The number of hydrogen-bond acceptors (Lipinski definition) is 4. The molecule has 1 aliphatic rings. The molecule has 0 unspecified atom stereocenters. The normalized spacial score (nSPS) is 16.2. The zero-order valence-electron chi connectivity index (χ0n) is 15.8. The van der Waals surface area contributed by atoms with Gasteiger partial charge >= 0.3 is 0 Å². The van der Waals surface area contributed by atoms with E-state index in [1.54, 1.807) is 35.7 Å². The predicted octanol–water partition coefficient (Wildman–Crippen LogP) is 0.972. The summed E-state index contributed by atoms with van der Waals surface area (Å²) in [5.74, 6) is 1.56. The summed E-state index contributed by atoms with van der Waals surface area (Å²) in [6.45, 7) is 6.14. The summed E-state index contributed by atoms with van der Waals surface area (Å²) in [5.41, 5.74) is 1.13. The highest BCUT2D eigenvalue weighted by atomic mass is 32.2. The van der Waals surface area contributed by atoms with Crippen molar-refractivity contribution >= 4 is 10.0 Å². The average molecular weight is 392 g/mol. The Morgan fingerprint density at radius 2 is 1.70 bits per heavy atom. The summed E-state index contributed by atoms with van der Waals surface area (Å²) in [5, 5.41) is 0. The van der Waals surface area contributed by atoms with E-state index < -0.39 is 10.0 Å². The lowest BCUT2D eigenvalue weighted by Gasteiger charge is -2.31. The van der Waals surface area contributed by atoms with Crippen LogP contribution in [0.25, 0.3) is 0 Å². The summed E-state index contributed by atoms with van der Waals surface area (Å²) >= 11 is 0. The van der Waals surface area contributed by atoms with Crippen molar-refractivity contribution in [3.63, 3.8) is 0 Å². The van der Waals surface area contributed by atoms with Gasteiger partial charge < -0.3 is 14.4 Å². The van der Waals surface area contributed by atoms with Crippen molar-refractivity contribution in [2.45, 2.75) is 11.8 Å². The zero-order chi connectivity index (χ0) is 19.3. The van der Waals surface area contributed by atoms with E-state index in [9.17, 15) is 8.42 Å². The SMILES string of the molecule is COc1ccc(S(=O)(=O)N2CC[NH+](CCOc3ccccc3C)CC2)cc1. The molecule has 6 nitrogen and oxygen atoms in total. The number of piperazine rings is 1. The van der Waals surface area contributed by atoms with Gasteiger partial charge in [0.1, 0.15) is 24.7 Å². The van der Waals surface area contributed by atoms with Crippen molar-refractivity contribution in [3.05, 3.63) is 54.1 Å². The van der Waals surface area contributed by atoms with Crippen LogP contribution in [0.3, 0.4) is 0 Å². The maximum Gasteiger partial charge on any atom is 0.243 e. The summed E-state index contributed by atoms with van der Waals surface area (Å²) in [6.07, 6.45) is 0. The largest absolute Gasteiger partial charge is 0.497 e. The molecule has 2 aromatic carbocycles. The molecular weight excluding hydrogens is 364 g/mol. The maximum atomic E-state index is 12.8. The van der Waals surface area contributed by atoms with Gasteiger partial charge in [-0.15, -0.1) is 0 Å². The summed E-state index contributed by atoms with van der Waals surface area (Å²) in [4.78, 5) is 1.68. The first kappa shape index (κ1) is 19.7. The maximum absolute atomic E-state index is 12.8. The molecule has 146 valence electrons. The molecule has 1 heterocycles. The number of rotatable bonds is 7. The first-order valence-corrected chi connectivity index (χ1v) is 10.6. The number of nitrogens with one attached hydrogen (secondary N) is 1. The smallest absolute Gasteiger partial charge is 0.243 e. The Morgan fingerprint density at radius 3 is 2.33 bits per heavy atom. The van der Waals surface area contributed by atoms with Gasteiger partial charge in [0, 0.05) is 0 Å². The van der Waals surface area contributed by atoms with E-state index >= 15 is 0 Å². The second kappa shape index (κ2) is 8.73. The number of ether oxygens (including phenoxy) is 2. The molecule has 1 fully saturated rings. The molecule has 0 bridgehead atoms. The number of methoxy groups -OCH3 is 1. The fraction of sp³-hybridized carbons (Fsp3) is 0.400. The number of aryl methyl sites for hydroxylation is 1. The fourth-order valence-electron chi connectivity index (χ4n) is 3.21. The van der Waals surface area contributed by atoms with Gasteiger partial charge in [0.25, 0.3) is 0 Å². The molecule has 0 spiro atoms. The van der Waals surface area contributed by atoms with E-state index in [1.807, 2.05) is 31.2 Å². The summed E-state index contributed by atoms with van der Waals surface area (Å²) < 4.78 is 38.1. The average Bonchev–Trinajstić information content (AvgIpc) is 2.70. The minimum absolute atomic E-state index is 0.314. The van der Waals surface area contributed by atoms with E-state index in [2.05, 4.69) is 0 Å². The molecular formula is C20H27N2O4S+. The molecule has 7 heteroatoms. The Kier molecular flexibility index (Phi) is 6.36. The molecule has 0 atom stereocenters. The molecule has 1 saturated heterocycles. The first-order valence-electron chi connectivity index (χ1n) is 9.17. The highest BCUT2D eigenvalue weighted by molar-refractivity contribution is 7.89. The zero-order valence-corrected chi connectivity index (χ0v) is 16.7. The molecule has 0 aromatic heterocycles. The van der Waals surface area contributed by atoms with E-state index in [0.29, 0.717) is 30.3 Å². The number of para-hydroxylation sites is 1. The van der Waals surface area contributed by atoms with Crippen LogP contribution >= 0.6 is 0 Å². The second-order valence-corrected chi connectivity index (χ2v) is 8.63. The lowest BCUT2D eigenvalue weighted by molar-refractivity contribution is -0.903. The van der Waals surface area contributed by atoms with Gasteiger partial charge in [-0.25, -0.2) is 8.42 Å². The molecule has 3 rings (SSSR count). The molecule has 0 amide bonds. The van der Waals surface area contributed by atoms with Crippen LogP contribution in [-0.4, -0.2) is 59.2 Å². The number of hydrogen-bond donors (Lipinski definition) is 1. The minimum Gasteiger partial charge on any atom is -0.497 e. The Bertz CT molecular complexity index is 845. The predicted molar refractivity (Wildman–Crippen MR) is 104 cm³/mol. The summed E-state index contributed by atoms with van der Waals surface area (Å²) in [6, 6.07) is 14.5. The third-order valence-electron chi connectivity index (χ3n) is 4.93. The van der Waals surface area contributed by atoms with Crippen LogP contribution in [0.1, 0.15) is 5.56 Å². The molecule has 27 heavy (non-hydrogen) atoms. The Labute approximate surface area is 161 Å². The van der Waals surface area contributed by atoms with E-state index in [4.69, 9.17) is 9.47 Å². The molecule has 1 aliphatic heterocycles.